The van der Waals surface area contributed by atoms with E-state index >= 15 is 0 Å². The topological polar surface area (TPSA) is 73.2 Å². The van der Waals surface area contributed by atoms with Crippen molar-refractivity contribution < 1.29 is 21.9 Å². The second-order valence-electron chi connectivity index (χ2n) is 5.84. The van der Waals surface area contributed by atoms with Gasteiger partial charge in [0.2, 0.25) is 0 Å². The summed E-state index contributed by atoms with van der Waals surface area (Å²) in [7, 11) is -3.89. The SMILES string of the molecule is Cc1nn(COc2cccc(F)c2)c(C)c1NS(=O)(=O)c1ccc(F)cc1. The van der Waals surface area contributed by atoms with E-state index in [-0.39, 0.29) is 11.6 Å². The van der Waals surface area contributed by atoms with Gasteiger partial charge in [-0.2, -0.15) is 5.10 Å². The molecule has 0 aliphatic carbocycles. The molecule has 0 saturated heterocycles. The number of halogens is 2. The first-order chi connectivity index (χ1) is 12.8. The molecule has 0 saturated carbocycles. The van der Waals surface area contributed by atoms with E-state index in [2.05, 4.69) is 9.82 Å². The first kappa shape index (κ1) is 18.8. The number of sulfonamides is 1. The fourth-order valence-corrected chi connectivity index (χ4v) is 3.65. The third-order valence-electron chi connectivity index (χ3n) is 3.89. The van der Waals surface area contributed by atoms with E-state index in [1.54, 1.807) is 19.9 Å². The zero-order valence-corrected chi connectivity index (χ0v) is 15.4. The molecule has 1 aromatic heterocycles. The maximum atomic E-state index is 13.2. The number of ether oxygens (including phenoxy) is 1. The van der Waals surface area contributed by atoms with Crippen molar-refractivity contribution in [3.05, 3.63) is 71.6 Å². The van der Waals surface area contributed by atoms with Crippen LogP contribution in [0.2, 0.25) is 0 Å². The van der Waals surface area contributed by atoms with Gasteiger partial charge >= 0.3 is 0 Å². The lowest BCUT2D eigenvalue weighted by Crippen LogP contribution is -2.14. The smallest absolute Gasteiger partial charge is 0.262 e. The number of hydrogen-bond acceptors (Lipinski definition) is 4. The zero-order valence-electron chi connectivity index (χ0n) is 14.6. The van der Waals surface area contributed by atoms with Gasteiger partial charge in [-0.3, -0.25) is 4.72 Å². The maximum Gasteiger partial charge on any atom is 0.262 e. The van der Waals surface area contributed by atoms with Crippen LogP contribution in [0.1, 0.15) is 11.4 Å². The van der Waals surface area contributed by atoms with Crippen molar-refractivity contribution in [1.82, 2.24) is 9.78 Å². The quantitative estimate of drug-likeness (QED) is 0.694. The van der Waals surface area contributed by atoms with Gasteiger partial charge in [-0.25, -0.2) is 21.9 Å². The molecule has 3 rings (SSSR count). The molecule has 0 aliphatic heterocycles. The van der Waals surface area contributed by atoms with Crippen LogP contribution >= 0.6 is 0 Å². The van der Waals surface area contributed by atoms with Crippen LogP contribution in [0.4, 0.5) is 14.5 Å². The Hall–Kier alpha value is -2.94. The van der Waals surface area contributed by atoms with Gasteiger partial charge in [-0.05, 0) is 50.2 Å². The average Bonchev–Trinajstić information content (AvgIpc) is 2.88. The van der Waals surface area contributed by atoms with Gasteiger partial charge in [0.1, 0.15) is 17.4 Å². The summed E-state index contributed by atoms with van der Waals surface area (Å²) in [5.41, 5.74) is 1.28. The lowest BCUT2D eigenvalue weighted by Gasteiger charge is -2.10. The van der Waals surface area contributed by atoms with Gasteiger partial charge in [0.25, 0.3) is 10.0 Å². The van der Waals surface area contributed by atoms with Crippen molar-refractivity contribution in [2.24, 2.45) is 0 Å². The largest absolute Gasteiger partial charge is 0.471 e. The number of hydrogen-bond donors (Lipinski definition) is 1. The summed E-state index contributed by atoms with van der Waals surface area (Å²) in [6, 6.07) is 10.2. The molecule has 0 amide bonds. The van der Waals surface area contributed by atoms with Crippen LogP contribution in [-0.2, 0) is 16.8 Å². The Labute approximate surface area is 155 Å². The predicted molar refractivity (Wildman–Crippen MR) is 95.9 cm³/mol. The third-order valence-corrected chi connectivity index (χ3v) is 5.26. The Kier molecular flexibility index (Phi) is 5.13. The minimum atomic E-state index is -3.89. The molecule has 27 heavy (non-hydrogen) atoms. The highest BCUT2D eigenvalue weighted by Crippen LogP contribution is 2.24. The molecule has 0 bridgehead atoms. The van der Waals surface area contributed by atoms with E-state index < -0.39 is 21.7 Å². The third kappa shape index (κ3) is 4.25. The van der Waals surface area contributed by atoms with Crippen LogP contribution < -0.4 is 9.46 Å². The van der Waals surface area contributed by atoms with Crippen LogP contribution in [0.3, 0.4) is 0 Å². The normalized spacial score (nSPS) is 11.4. The number of rotatable bonds is 6. The monoisotopic (exact) mass is 393 g/mol. The Morgan fingerprint density at radius 3 is 2.44 bits per heavy atom. The fraction of sp³-hybridized carbons (Fsp3) is 0.167. The number of nitrogens with one attached hydrogen (secondary N) is 1. The predicted octanol–water partition coefficient (Wildman–Crippen LogP) is 3.62. The Balaban J connectivity index is 1.80. The lowest BCUT2D eigenvalue weighted by atomic mass is 10.3. The minimum absolute atomic E-state index is 0.0194. The summed E-state index contributed by atoms with van der Waals surface area (Å²) in [4.78, 5) is -0.0635. The van der Waals surface area contributed by atoms with Crippen molar-refractivity contribution in [1.29, 1.82) is 0 Å². The Bertz CT molecular complexity index is 1060. The highest BCUT2D eigenvalue weighted by Gasteiger charge is 2.20. The van der Waals surface area contributed by atoms with Crippen LogP contribution in [0.15, 0.2) is 53.4 Å². The van der Waals surface area contributed by atoms with E-state index in [9.17, 15) is 17.2 Å². The first-order valence-corrected chi connectivity index (χ1v) is 9.45. The molecule has 0 fully saturated rings. The van der Waals surface area contributed by atoms with Crippen LogP contribution in [-0.4, -0.2) is 18.2 Å². The second kappa shape index (κ2) is 7.36. The average molecular weight is 393 g/mol. The number of anilines is 1. The minimum Gasteiger partial charge on any atom is -0.471 e. The van der Waals surface area contributed by atoms with E-state index in [4.69, 9.17) is 4.74 Å². The molecule has 6 nitrogen and oxygen atoms in total. The van der Waals surface area contributed by atoms with Crippen molar-refractivity contribution >= 4 is 15.7 Å². The Morgan fingerprint density at radius 1 is 1.07 bits per heavy atom. The molecule has 0 spiro atoms. The van der Waals surface area contributed by atoms with Gasteiger partial charge in [-0.1, -0.05) is 6.07 Å². The van der Waals surface area contributed by atoms with Crippen LogP contribution in [0, 0.1) is 25.5 Å². The van der Waals surface area contributed by atoms with Crippen molar-refractivity contribution in [3.8, 4) is 5.75 Å². The number of aromatic nitrogens is 2. The summed E-state index contributed by atoms with van der Waals surface area (Å²) < 4.78 is 60.6. The summed E-state index contributed by atoms with van der Waals surface area (Å²) in [6.07, 6.45) is 0. The molecule has 3 aromatic rings. The molecule has 2 aromatic carbocycles. The molecule has 9 heteroatoms. The lowest BCUT2D eigenvalue weighted by molar-refractivity contribution is 0.217. The van der Waals surface area contributed by atoms with Crippen molar-refractivity contribution in [3.63, 3.8) is 0 Å². The van der Waals surface area contributed by atoms with Gasteiger partial charge in [0.15, 0.2) is 6.73 Å². The summed E-state index contributed by atoms with van der Waals surface area (Å²) in [5.74, 6) is -0.617. The molecular weight excluding hydrogens is 376 g/mol. The van der Waals surface area contributed by atoms with Gasteiger partial charge in [-0.15, -0.1) is 0 Å². The van der Waals surface area contributed by atoms with E-state index in [0.717, 1.165) is 12.1 Å². The van der Waals surface area contributed by atoms with Gasteiger partial charge < -0.3 is 4.74 Å². The first-order valence-electron chi connectivity index (χ1n) is 7.97. The van der Waals surface area contributed by atoms with Crippen LogP contribution in [0.25, 0.3) is 0 Å². The highest BCUT2D eigenvalue weighted by molar-refractivity contribution is 7.92. The molecule has 0 aliphatic rings. The molecular formula is C18H17F2N3O3S. The molecule has 1 N–H and O–H groups in total. The molecule has 0 radical (unpaired) electrons. The number of benzene rings is 2. The highest BCUT2D eigenvalue weighted by atomic mass is 32.2. The van der Waals surface area contributed by atoms with Crippen LogP contribution in [0.5, 0.6) is 5.75 Å². The van der Waals surface area contributed by atoms with Gasteiger partial charge in [0.05, 0.1) is 22.0 Å². The summed E-state index contributed by atoms with van der Waals surface area (Å²) in [6.45, 7) is 3.31. The molecule has 1 heterocycles. The summed E-state index contributed by atoms with van der Waals surface area (Å²) >= 11 is 0. The summed E-state index contributed by atoms with van der Waals surface area (Å²) in [5, 5.41) is 4.25. The molecule has 0 atom stereocenters. The molecule has 0 unspecified atom stereocenters. The second-order valence-corrected chi connectivity index (χ2v) is 7.52. The zero-order chi connectivity index (χ0) is 19.6. The standard InChI is InChI=1S/C18H17F2N3O3S/c1-12-18(22-27(24,25)17-8-6-14(19)7-9-17)13(2)23(21-12)11-26-16-5-3-4-15(20)10-16/h3-10,22H,11H2,1-2H3. The Morgan fingerprint density at radius 2 is 1.78 bits per heavy atom. The van der Waals surface area contributed by atoms with E-state index in [0.29, 0.717) is 22.8 Å². The van der Waals surface area contributed by atoms with E-state index in [1.807, 2.05) is 0 Å². The fourth-order valence-electron chi connectivity index (χ4n) is 2.47. The molecule has 142 valence electrons. The van der Waals surface area contributed by atoms with Gasteiger partial charge in [0, 0.05) is 6.07 Å². The maximum absolute atomic E-state index is 13.2. The van der Waals surface area contributed by atoms with Crippen molar-refractivity contribution in [2.45, 2.75) is 25.5 Å². The number of nitrogens with zero attached hydrogens (tertiary/aromatic N) is 2. The van der Waals surface area contributed by atoms with E-state index in [1.165, 1.54) is 35.0 Å². The van der Waals surface area contributed by atoms with Crippen molar-refractivity contribution in [2.75, 3.05) is 4.72 Å². The number of aryl methyl sites for hydroxylation is 1.